The van der Waals surface area contributed by atoms with Crippen LogP contribution < -0.4 is 0 Å². The fraction of sp³-hybridized carbons (Fsp3) is 0.800. The van der Waals surface area contributed by atoms with E-state index >= 15 is 0 Å². The van der Waals surface area contributed by atoms with Gasteiger partial charge in [-0.25, -0.2) is 0 Å². The van der Waals surface area contributed by atoms with Crippen LogP contribution in [0.1, 0.15) is 40.0 Å². The maximum absolute atomic E-state index is 9.32. The molecule has 0 aromatic heterocycles. The van der Waals surface area contributed by atoms with Crippen LogP contribution in [0.5, 0.6) is 0 Å². The third-order valence-corrected chi connectivity index (χ3v) is 1.58. The minimum absolute atomic E-state index is 0.251. The first-order valence-corrected chi connectivity index (χ1v) is 4.32. The Morgan fingerprint density at radius 2 is 1.91 bits per heavy atom. The quantitative estimate of drug-likeness (QED) is 0.618. The molecule has 11 heavy (non-hydrogen) atoms. The standard InChI is InChI=1S/C10H18O/c1-4-5-6-7-8-10(11)9(2)3/h9-11H,4-5,8H2,1-3H3/t10-/m0/s1. The molecular weight excluding hydrogens is 136 g/mol. The van der Waals surface area contributed by atoms with Crippen molar-refractivity contribution >= 4 is 0 Å². The molecule has 0 fully saturated rings. The van der Waals surface area contributed by atoms with Crippen molar-refractivity contribution in [2.45, 2.75) is 46.1 Å². The van der Waals surface area contributed by atoms with Gasteiger partial charge in [-0.15, -0.1) is 11.8 Å². The number of rotatable bonds is 3. The first-order valence-electron chi connectivity index (χ1n) is 4.32. The molecule has 1 N–H and O–H groups in total. The molecule has 0 amide bonds. The SMILES string of the molecule is CCCC#CC[C@H](O)C(C)C. The second-order valence-electron chi connectivity index (χ2n) is 3.12. The van der Waals surface area contributed by atoms with Crippen molar-refractivity contribution in [1.82, 2.24) is 0 Å². The highest BCUT2D eigenvalue weighted by atomic mass is 16.3. The van der Waals surface area contributed by atoms with E-state index in [0.717, 1.165) is 12.8 Å². The minimum Gasteiger partial charge on any atom is -0.392 e. The van der Waals surface area contributed by atoms with Gasteiger partial charge < -0.3 is 5.11 Å². The maximum Gasteiger partial charge on any atom is 0.0672 e. The number of unbranched alkanes of at least 4 members (excludes halogenated alkanes) is 1. The molecule has 1 nitrogen and oxygen atoms in total. The first-order chi connectivity index (χ1) is 5.18. The third kappa shape index (κ3) is 5.94. The Balaban J connectivity index is 3.46. The molecule has 0 unspecified atom stereocenters. The van der Waals surface area contributed by atoms with Crippen LogP contribution in [0.25, 0.3) is 0 Å². The van der Waals surface area contributed by atoms with E-state index in [9.17, 15) is 5.11 Å². The van der Waals surface area contributed by atoms with Crippen LogP contribution >= 0.6 is 0 Å². The summed E-state index contributed by atoms with van der Waals surface area (Å²) in [5.74, 6) is 6.30. The Kier molecular flexibility index (Phi) is 5.97. The Hall–Kier alpha value is -0.480. The lowest BCUT2D eigenvalue weighted by molar-refractivity contribution is 0.130. The molecule has 0 rings (SSSR count). The summed E-state index contributed by atoms with van der Waals surface area (Å²) in [5, 5.41) is 9.32. The Labute approximate surface area is 69.8 Å². The van der Waals surface area contributed by atoms with Gasteiger partial charge in [-0.3, -0.25) is 0 Å². The highest BCUT2D eigenvalue weighted by Gasteiger charge is 2.05. The molecule has 0 aromatic carbocycles. The van der Waals surface area contributed by atoms with Gasteiger partial charge in [0.2, 0.25) is 0 Å². The van der Waals surface area contributed by atoms with Crippen molar-refractivity contribution in [2.75, 3.05) is 0 Å². The van der Waals surface area contributed by atoms with Crippen molar-refractivity contribution in [3.05, 3.63) is 0 Å². The molecule has 0 radical (unpaired) electrons. The van der Waals surface area contributed by atoms with Gasteiger partial charge in [-0.2, -0.15) is 0 Å². The van der Waals surface area contributed by atoms with E-state index in [2.05, 4.69) is 18.8 Å². The second kappa shape index (κ2) is 6.24. The highest BCUT2D eigenvalue weighted by Crippen LogP contribution is 2.03. The zero-order valence-corrected chi connectivity index (χ0v) is 7.72. The highest BCUT2D eigenvalue weighted by molar-refractivity contribution is 5.00. The monoisotopic (exact) mass is 154 g/mol. The fourth-order valence-corrected chi connectivity index (χ4v) is 0.626. The third-order valence-electron chi connectivity index (χ3n) is 1.58. The summed E-state index contributed by atoms with van der Waals surface area (Å²) in [6.45, 7) is 6.12. The van der Waals surface area contributed by atoms with Crippen LogP contribution in [-0.2, 0) is 0 Å². The van der Waals surface area contributed by atoms with E-state index in [1.165, 1.54) is 0 Å². The number of aliphatic hydroxyl groups is 1. The number of aliphatic hydroxyl groups excluding tert-OH is 1. The largest absolute Gasteiger partial charge is 0.392 e. The van der Waals surface area contributed by atoms with Crippen molar-refractivity contribution in [3.63, 3.8) is 0 Å². The zero-order chi connectivity index (χ0) is 8.69. The maximum atomic E-state index is 9.32. The minimum atomic E-state index is -0.251. The van der Waals surface area contributed by atoms with E-state index in [1.54, 1.807) is 0 Å². The molecule has 0 aliphatic carbocycles. The normalized spacial score (nSPS) is 12.5. The summed E-state index contributed by atoms with van der Waals surface area (Å²) in [7, 11) is 0. The average molecular weight is 154 g/mol. The summed E-state index contributed by atoms with van der Waals surface area (Å²) >= 11 is 0. The summed E-state index contributed by atoms with van der Waals surface area (Å²) in [5.41, 5.74) is 0. The van der Waals surface area contributed by atoms with Crippen LogP contribution in [-0.4, -0.2) is 11.2 Å². The molecule has 0 spiro atoms. The van der Waals surface area contributed by atoms with Crippen molar-refractivity contribution < 1.29 is 5.11 Å². The summed E-state index contributed by atoms with van der Waals surface area (Å²) in [6.07, 6.45) is 2.42. The predicted octanol–water partition coefficient (Wildman–Crippen LogP) is 2.20. The summed E-state index contributed by atoms with van der Waals surface area (Å²) in [4.78, 5) is 0. The zero-order valence-electron chi connectivity index (χ0n) is 7.72. The summed E-state index contributed by atoms with van der Waals surface area (Å²) < 4.78 is 0. The summed E-state index contributed by atoms with van der Waals surface area (Å²) in [6, 6.07) is 0. The molecule has 0 aromatic rings. The lowest BCUT2D eigenvalue weighted by atomic mass is 10.1. The first kappa shape index (κ1) is 10.5. The van der Waals surface area contributed by atoms with E-state index in [4.69, 9.17) is 0 Å². The molecule has 0 bridgehead atoms. The Bertz CT molecular complexity index is 139. The van der Waals surface area contributed by atoms with Gasteiger partial charge in [0.25, 0.3) is 0 Å². The van der Waals surface area contributed by atoms with Gasteiger partial charge in [0.1, 0.15) is 0 Å². The molecule has 1 heteroatoms. The molecular formula is C10H18O. The molecule has 0 saturated carbocycles. The number of hydrogen-bond donors (Lipinski definition) is 1. The molecule has 0 aliphatic heterocycles. The lowest BCUT2D eigenvalue weighted by Gasteiger charge is -2.09. The van der Waals surface area contributed by atoms with Crippen LogP contribution in [0.4, 0.5) is 0 Å². The topological polar surface area (TPSA) is 20.2 Å². The van der Waals surface area contributed by atoms with Crippen molar-refractivity contribution in [1.29, 1.82) is 0 Å². The van der Waals surface area contributed by atoms with Gasteiger partial charge in [-0.05, 0) is 12.3 Å². The number of hydrogen-bond acceptors (Lipinski definition) is 1. The van der Waals surface area contributed by atoms with E-state index in [1.807, 2.05) is 13.8 Å². The average Bonchev–Trinajstić information content (AvgIpc) is 1.97. The van der Waals surface area contributed by atoms with Gasteiger partial charge in [0, 0.05) is 12.8 Å². The van der Waals surface area contributed by atoms with Gasteiger partial charge in [-0.1, -0.05) is 20.8 Å². The van der Waals surface area contributed by atoms with Crippen molar-refractivity contribution in [3.8, 4) is 11.8 Å². The molecule has 0 aliphatic rings. The molecule has 0 heterocycles. The Morgan fingerprint density at radius 3 is 2.36 bits per heavy atom. The van der Waals surface area contributed by atoms with Gasteiger partial charge in [0.15, 0.2) is 0 Å². The van der Waals surface area contributed by atoms with Crippen LogP contribution in [0.3, 0.4) is 0 Å². The van der Waals surface area contributed by atoms with E-state index in [-0.39, 0.29) is 6.10 Å². The van der Waals surface area contributed by atoms with Crippen molar-refractivity contribution in [2.24, 2.45) is 5.92 Å². The van der Waals surface area contributed by atoms with Gasteiger partial charge in [0.05, 0.1) is 6.10 Å². The van der Waals surface area contributed by atoms with E-state index < -0.39 is 0 Å². The molecule has 1 atom stereocenters. The van der Waals surface area contributed by atoms with Crippen LogP contribution in [0.15, 0.2) is 0 Å². The fourth-order valence-electron chi connectivity index (χ4n) is 0.626. The van der Waals surface area contributed by atoms with Crippen LogP contribution in [0.2, 0.25) is 0 Å². The second-order valence-corrected chi connectivity index (χ2v) is 3.12. The predicted molar refractivity (Wildman–Crippen MR) is 48.1 cm³/mol. The Morgan fingerprint density at radius 1 is 1.27 bits per heavy atom. The van der Waals surface area contributed by atoms with Gasteiger partial charge >= 0.3 is 0 Å². The van der Waals surface area contributed by atoms with E-state index in [0.29, 0.717) is 12.3 Å². The molecule has 64 valence electrons. The molecule has 0 saturated heterocycles. The smallest absolute Gasteiger partial charge is 0.0672 e. The van der Waals surface area contributed by atoms with Crippen LogP contribution in [0, 0.1) is 17.8 Å². The lowest BCUT2D eigenvalue weighted by Crippen LogP contribution is -2.12.